The Kier molecular flexibility index (Phi) is 3.50. The van der Waals surface area contributed by atoms with Crippen LogP contribution in [0.25, 0.3) is 11.1 Å². The quantitative estimate of drug-likeness (QED) is 0.764. The van der Waals surface area contributed by atoms with Crippen molar-refractivity contribution in [1.82, 2.24) is 4.98 Å². The van der Waals surface area contributed by atoms with Gasteiger partial charge < -0.3 is 4.74 Å². The van der Waals surface area contributed by atoms with Crippen molar-refractivity contribution in [3.63, 3.8) is 0 Å². The zero-order valence-electron chi connectivity index (χ0n) is 8.88. The lowest BCUT2D eigenvalue weighted by atomic mass is 10.1. The summed E-state index contributed by atoms with van der Waals surface area (Å²) in [7, 11) is 1.42. The van der Waals surface area contributed by atoms with E-state index < -0.39 is 5.95 Å². The second-order valence-corrected chi connectivity index (χ2v) is 4.08. The molecule has 0 aliphatic rings. The lowest BCUT2D eigenvalue weighted by molar-refractivity contribution is 0.388. The van der Waals surface area contributed by atoms with Gasteiger partial charge in [0, 0.05) is 17.2 Å². The first-order valence-corrected chi connectivity index (χ1v) is 5.54. The van der Waals surface area contributed by atoms with Crippen LogP contribution in [0, 0.1) is 5.95 Å². The van der Waals surface area contributed by atoms with Crippen LogP contribution in [0.15, 0.2) is 30.3 Å². The van der Waals surface area contributed by atoms with E-state index in [1.165, 1.54) is 7.11 Å². The molecule has 0 bridgehead atoms. The van der Waals surface area contributed by atoms with Gasteiger partial charge in [0.1, 0.15) is 0 Å². The number of rotatable bonds is 2. The summed E-state index contributed by atoms with van der Waals surface area (Å²) in [5, 5.41) is 0.680. The highest BCUT2D eigenvalue weighted by Gasteiger charge is 2.12. The number of hydrogen-bond donors (Lipinski definition) is 0. The van der Waals surface area contributed by atoms with Gasteiger partial charge >= 0.3 is 0 Å². The molecule has 0 saturated carbocycles. The van der Waals surface area contributed by atoms with Crippen molar-refractivity contribution in [3.8, 4) is 17.0 Å². The van der Waals surface area contributed by atoms with Crippen molar-refractivity contribution in [1.29, 1.82) is 0 Å². The first-order chi connectivity index (χ1) is 8.13. The minimum atomic E-state index is -0.645. The molecule has 0 atom stereocenters. The SMILES string of the molecule is COc1ccc(-c2cccc(Cl)c2Cl)c(F)n1. The van der Waals surface area contributed by atoms with E-state index in [2.05, 4.69) is 4.98 Å². The van der Waals surface area contributed by atoms with Crippen LogP contribution < -0.4 is 4.74 Å². The first-order valence-electron chi connectivity index (χ1n) is 4.78. The molecule has 1 heterocycles. The average Bonchev–Trinajstić information content (AvgIpc) is 2.33. The Balaban J connectivity index is 2.57. The van der Waals surface area contributed by atoms with E-state index in [1.807, 2.05) is 0 Å². The fraction of sp³-hybridized carbons (Fsp3) is 0.0833. The largest absolute Gasteiger partial charge is 0.481 e. The minimum Gasteiger partial charge on any atom is -0.481 e. The number of benzene rings is 1. The topological polar surface area (TPSA) is 22.1 Å². The van der Waals surface area contributed by atoms with Crippen LogP contribution in [-0.2, 0) is 0 Å². The van der Waals surface area contributed by atoms with Crippen LogP contribution in [0.2, 0.25) is 10.0 Å². The van der Waals surface area contributed by atoms with Gasteiger partial charge in [-0.2, -0.15) is 9.37 Å². The van der Waals surface area contributed by atoms with Crippen LogP contribution >= 0.6 is 23.2 Å². The molecule has 0 fully saturated rings. The predicted octanol–water partition coefficient (Wildman–Crippen LogP) is 4.20. The molecule has 2 nitrogen and oxygen atoms in total. The van der Waals surface area contributed by atoms with Crippen LogP contribution in [0.4, 0.5) is 4.39 Å². The minimum absolute atomic E-state index is 0.212. The molecule has 5 heteroatoms. The van der Waals surface area contributed by atoms with Crippen LogP contribution in [0.5, 0.6) is 5.88 Å². The lowest BCUT2D eigenvalue weighted by Crippen LogP contribution is -1.94. The molecule has 0 saturated heterocycles. The lowest BCUT2D eigenvalue weighted by Gasteiger charge is -2.07. The maximum Gasteiger partial charge on any atom is 0.224 e. The highest BCUT2D eigenvalue weighted by atomic mass is 35.5. The zero-order chi connectivity index (χ0) is 12.4. The summed E-state index contributed by atoms with van der Waals surface area (Å²) in [6.45, 7) is 0. The van der Waals surface area contributed by atoms with Gasteiger partial charge in [0.2, 0.25) is 11.8 Å². The summed E-state index contributed by atoms with van der Waals surface area (Å²) in [5.41, 5.74) is 0.796. The summed E-state index contributed by atoms with van der Waals surface area (Å²) in [4.78, 5) is 3.65. The highest BCUT2D eigenvalue weighted by molar-refractivity contribution is 6.43. The summed E-state index contributed by atoms with van der Waals surface area (Å²) in [6.07, 6.45) is 0. The Bertz CT molecular complexity index is 560. The van der Waals surface area contributed by atoms with Crippen LogP contribution in [0.1, 0.15) is 0 Å². The van der Waals surface area contributed by atoms with Crippen molar-refractivity contribution < 1.29 is 9.13 Å². The molecular formula is C12H8Cl2FNO. The fourth-order valence-electron chi connectivity index (χ4n) is 1.44. The fourth-order valence-corrected chi connectivity index (χ4v) is 1.85. The molecule has 0 unspecified atom stereocenters. The number of pyridine rings is 1. The van der Waals surface area contributed by atoms with Gasteiger partial charge in [0.05, 0.1) is 17.2 Å². The van der Waals surface area contributed by atoms with Gasteiger partial charge in [-0.1, -0.05) is 35.3 Å². The summed E-state index contributed by atoms with van der Waals surface area (Å²) in [5.74, 6) is -0.432. The van der Waals surface area contributed by atoms with Crippen molar-refractivity contribution in [2.75, 3.05) is 7.11 Å². The second kappa shape index (κ2) is 4.90. The van der Waals surface area contributed by atoms with E-state index in [4.69, 9.17) is 27.9 Å². The molecule has 2 rings (SSSR count). The Labute approximate surface area is 108 Å². The zero-order valence-corrected chi connectivity index (χ0v) is 10.4. The van der Waals surface area contributed by atoms with E-state index in [-0.39, 0.29) is 5.88 Å². The second-order valence-electron chi connectivity index (χ2n) is 3.29. The molecule has 88 valence electrons. The molecule has 0 radical (unpaired) electrons. The molecular weight excluding hydrogens is 264 g/mol. The van der Waals surface area contributed by atoms with Crippen molar-refractivity contribution in [3.05, 3.63) is 46.3 Å². The number of halogens is 3. The van der Waals surface area contributed by atoms with Crippen molar-refractivity contribution in [2.45, 2.75) is 0 Å². The van der Waals surface area contributed by atoms with Gasteiger partial charge in [-0.3, -0.25) is 0 Å². The molecule has 2 aromatic rings. The standard InChI is InChI=1S/C12H8Cl2FNO/c1-17-10-6-5-8(12(15)16-10)7-3-2-4-9(13)11(7)14/h2-6H,1H3. The Morgan fingerprint density at radius 2 is 1.88 bits per heavy atom. The van der Waals surface area contributed by atoms with E-state index in [1.54, 1.807) is 30.3 Å². The van der Waals surface area contributed by atoms with Gasteiger partial charge in [-0.05, 0) is 12.1 Å². The van der Waals surface area contributed by atoms with E-state index in [0.29, 0.717) is 21.2 Å². The van der Waals surface area contributed by atoms with E-state index in [9.17, 15) is 4.39 Å². The number of ether oxygens (including phenoxy) is 1. The first kappa shape index (κ1) is 12.1. The third kappa shape index (κ3) is 2.35. The number of hydrogen-bond acceptors (Lipinski definition) is 2. The normalized spacial score (nSPS) is 10.4. The number of methoxy groups -OCH3 is 1. The van der Waals surface area contributed by atoms with E-state index in [0.717, 1.165) is 0 Å². The van der Waals surface area contributed by atoms with E-state index >= 15 is 0 Å². The molecule has 0 aliphatic heterocycles. The number of aromatic nitrogens is 1. The maximum atomic E-state index is 13.7. The molecule has 1 aromatic heterocycles. The highest BCUT2D eigenvalue weighted by Crippen LogP contribution is 2.34. The molecule has 17 heavy (non-hydrogen) atoms. The number of nitrogens with zero attached hydrogens (tertiary/aromatic N) is 1. The van der Waals surface area contributed by atoms with Crippen LogP contribution in [-0.4, -0.2) is 12.1 Å². The smallest absolute Gasteiger partial charge is 0.224 e. The summed E-state index contributed by atoms with van der Waals surface area (Å²) >= 11 is 11.9. The Morgan fingerprint density at radius 1 is 1.12 bits per heavy atom. The van der Waals surface area contributed by atoms with Crippen molar-refractivity contribution >= 4 is 23.2 Å². The third-order valence-electron chi connectivity index (χ3n) is 2.27. The Morgan fingerprint density at radius 3 is 2.53 bits per heavy atom. The summed E-state index contributed by atoms with van der Waals surface area (Å²) in [6, 6.07) is 8.14. The van der Waals surface area contributed by atoms with Gasteiger partial charge in [0.25, 0.3) is 0 Å². The monoisotopic (exact) mass is 271 g/mol. The molecule has 0 spiro atoms. The third-order valence-corrected chi connectivity index (χ3v) is 3.09. The summed E-state index contributed by atoms with van der Waals surface area (Å²) < 4.78 is 18.6. The molecule has 1 aromatic carbocycles. The average molecular weight is 272 g/mol. The predicted molar refractivity (Wildman–Crippen MR) is 66.2 cm³/mol. The van der Waals surface area contributed by atoms with Gasteiger partial charge in [-0.25, -0.2) is 0 Å². The van der Waals surface area contributed by atoms with Crippen molar-refractivity contribution in [2.24, 2.45) is 0 Å². The molecule has 0 amide bonds. The van der Waals surface area contributed by atoms with Gasteiger partial charge in [0.15, 0.2) is 0 Å². The Hall–Kier alpha value is -1.32. The van der Waals surface area contributed by atoms with Gasteiger partial charge in [-0.15, -0.1) is 0 Å². The molecule has 0 N–H and O–H groups in total. The molecule has 0 aliphatic carbocycles. The van der Waals surface area contributed by atoms with Crippen LogP contribution in [0.3, 0.4) is 0 Å². The maximum absolute atomic E-state index is 13.7.